The normalized spacial score (nSPS) is 25.8. The van der Waals surface area contributed by atoms with E-state index in [-0.39, 0.29) is 30.8 Å². The lowest BCUT2D eigenvalue weighted by Gasteiger charge is -2.44. The smallest absolute Gasteiger partial charge is 0.290 e. The first-order valence-corrected chi connectivity index (χ1v) is 7.33. The maximum absolute atomic E-state index is 13.4. The fourth-order valence-electron chi connectivity index (χ4n) is 3.09. The second-order valence-corrected chi connectivity index (χ2v) is 5.52. The lowest BCUT2D eigenvalue weighted by Crippen LogP contribution is -2.55. The number of fused-ring (bicyclic) bond motifs is 3. The molecule has 3 saturated heterocycles. The van der Waals surface area contributed by atoms with Crippen molar-refractivity contribution >= 4 is 12.4 Å². The third-order valence-corrected chi connectivity index (χ3v) is 4.26. The number of piperidine rings is 3. The van der Waals surface area contributed by atoms with Crippen LogP contribution in [0, 0.1) is 11.7 Å². The van der Waals surface area contributed by atoms with Gasteiger partial charge >= 0.3 is 0 Å². The number of nitrogens with zero attached hydrogens (tertiary/aromatic N) is 2. The molecular formula is C15H20FN3O3. The average molecular weight is 309 g/mol. The van der Waals surface area contributed by atoms with Gasteiger partial charge in [-0.15, -0.1) is 0 Å². The van der Waals surface area contributed by atoms with Crippen molar-refractivity contribution in [3.05, 3.63) is 29.8 Å². The Morgan fingerprint density at radius 1 is 1.50 bits per heavy atom. The van der Waals surface area contributed by atoms with Crippen molar-refractivity contribution in [3.63, 3.8) is 0 Å². The van der Waals surface area contributed by atoms with Crippen molar-refractivity contribution < 1.29 is 19.1 Å². The number of aromatic nitrogens is 1. The summed E-state index contributed by atoms with van der Waals surface area (Å²) >= 11 is 0. The fraction of sp³-hybridized carbons (Fsp3) is 0.533. The lowest BCUT2D eigenvalue weighted by molar-refractivity contribution is -0.130. The molecule has 3 aliphatic heterocycles. The van der Waals surface area contributed by atoms with Crippen LogP contribution in [0.1, 0.15) is 24.8 Å². The molecule has 22 heavy (non-hydrogen) atoms. The van der Waals surface area contributed by atoms with Gasteiger partial charge in [-0.3, -0.25) is 19.5 Å². The van der Waals surface area contributed by atoms with Gasteiger partial charge in [0, 0.05) is 18.3 Å². The van der Waals surface area contributed by atoms with Crippen molar-refractivity contribution in [1.82, 2.24) is 15.2 Å². The maximum Gasteiger partial charge on any atom is 0.290 e. The number of hydrogen-bond donors (Lipinski definition) is 2. The Bertz CT molecular complexity index is 519. The summed E-state index contributed by atoms with van der Waals surface area (Å²) in [6, 6.07) is 1.58. The third-order valence-electron chi connectivity index (χ3n) is 4.26. The summed E-state index contributed by atoms with van der Waals surface area (Å²) in [4.78, 5) is 26.5. The summed E-state index contributed by atoms with van der Waals surface area (Å²) < 4.78 is 13.4. The zero-order valence-electron chi connectivity index (χ0n) is 12.2. The van der Waals surface area contributed by atoms with E-state index in [1.165, 1.54) is 25.2 Å². The second kappa shape index (κ2) is 7.84. The van der Waals surface area contributed by atoms with Crippen LogP contribution in [0.5, 0.6) is 0 Å². The van der Waals surface area contributed by atoms with Crippen LogP contribution in [-0.4, -0.2) is 46.5 Å². The van der Waals surface area contributed by atoms with Crippen LogP contribution in [0.15, 0.2) is 18.5 Å². The summed E-state index contributed by atoms with van der Waals surface area (Å²) in [7, 11) is 0. The largest absolute Gasteiger partial charge is 0.483 e. The van der Waals surface area contributed by atoms with Crippen LogP contribution in [0.2, 0.25) is 0 Å². The molecule has 0 radical (unpaired) electrons. The van der Waals surface area contributed by atoms with Gasteiger partial charge in [-0.25, -0.2) is 4.39 Å². The van der Waals surface area contributed by atoms with Gasteiger partial charge in [-0.1, -0.05) is 0 Å². The molecule has 1 amide bonds. The number of hydrogen-bond acceptors (Lipinski definition) is 4. The monoisotopic (exact) mass is 309 g/mol. The van der Waals surface area contributed by atoms with Crippen molar-refractivity contribution in [1.29, 1.82) is 0 Å². The van der Waals surface area contributed by atoms with Crippen LogP contribution >= 0.6 is 0 Å². The van der Waals surface area contributed by atoms with Gasteiger partial charge < -0.3 is 10.4 Å². The van der Waals surface area contributed by atoms with E-state index in [0.29, 0.717) is 11.5 Å². The molecular weight excluding hydrogens is 289 g/mol. The van der Waals surface area contributed by atoms with Gasteiger partial charge in [0.25, 0.3) is 6.47 Å². The number of carboxylic acid groups (broad SMARTS) is 1. The van der Waals surface area contributed by atoms with Gasteiger partial charge in [-0.05, 0) is 44.3 Å². The molecule has 0 aromatic carbocycles. The number of carbonyl (C=O) groups excluding carboxylic acids is 1. The minimum atomic E-state index is -0.367. The van der Waals surface area contributed by atoms with E-state index in [1.54, 1.807) is 6.07 Å². The second-order valence-electron chi connectivity index (χ2n) is 5.52. The molecule has 3 fully saturated rings. The molecule has 0 aliphatic carbocycles. The van der Waals surface area contributed by atoms with Crippen LogP contribution in [0.25, 0.3) is 0 Å². The van der Waals surface area contributed by atoms with Gasteiger partial charge in [-0.2, -0.15) is 0 Å². The first kappa shape index (κ1) is 16.4. The van der Waals surface area contributed by atoms with Crippen LogP contribution in [0.4, 0.5) is 4.39 Å². The molecule has 4 heterocycles. The van der Waals surface area contributed by atoms with E-state index in [0.717, 1.165) is 19.5 Å². The van der Waals surface area contributed by atoms with Crippen molar-refractivity contribution in [2.75, 3.05) is 13.1 Å². The van der Waals surface area contributed by atoms with Crippen molar-refractivity contribution in [2.24, 2.45) is 5.92 Å². The van der Waals surface area contributed by atoms with E-state index in [4.69, 9.17) is 9.90 Å². The molecule has 0 spiro atoms. The Kier molecular flexibility index (Phi) is 5.83. The number of nitrogens with one attached hydrogen (secondary N) is 1. The number of carbonyl (C=O) groups is 2. The average Bonchev–Trinajstić information content (AvgIpc) is 2.55. The molecule has 6 nitrogen and oxygen atoms in total. The standard InChI is InChI=1S/C14H18FN3O.CH2O2/c15-12-9-16-4-1-11(12)8-17-14(19)13-7-10-2-5-18(13)6-3-10;2-1-3/h1,4,9-10,13H,2-3,5-8H2,(H,17,19);1H,(H,2,3). The molecule has 1 aromatic rings. The van der Waals surface area contributed by atoms with Crippen LogP contribution in [-0.2, 0) is 16.1 Å². The van der Waals surface area contributed by atoms with E-state index in [9.17, 15) is 9.18 Å². The maximum atomic E-state index is 13.4. The number of amides is 1. The number of halogens is 1. The van der Waals surface area contributed by atoms with E-state index in [2.05, 4.69) is 15.2 Å². The molecule has 7 heteroatoms. The predicted octanol–water partition coefficient (Wildman–Crippen LogP) is 1.02. The molecule has 1 unspecified atom stereocenters. The van der Waals surface area contributed by atoms with Gasteiger partial charge in [0.1, 0.15) is 5.82 Å². The Morgan fingerprint density at radius 2 is 2.18 bits per heavy atom. The van der Waals surface area contributed by atoms with E-state index < -0.39 is 0 Å². The topological polar surface area (TPSA) is 82.5 Å². The number of rotatable bonds is 3. The van der Waals surface area contributed by atoms with Gasteiger partial charge in [0.05, 0.1) is 12.2 Å². The molecule has 3 aliphatic rings. The predicted molar refractivity (Wildman–Crippen MR) is 77.4 cm³/mol. The minimum Gasteiger partial charge on any atom is -0.483 e. The Labute approximate surface area is 128 Å². The molecule has 4 rings (SSSR count). The Morgan fingerprint density at radius 3 is 2.73 bits per heavy atom. The Balaban J connectivity index is 0.000000545. The molecule has 1 aromatic heterocycles. The van der Waals surface area contributed by atoms with Crippen LogP contribution in [0.3, 0.4) is 0 Å². The highest BCUT2D eigenvalue weighted by Crippen LogP contribution is 2.31. The molecule has 120 valence electrons. The molecule has 1 atom stereocenters. The minimum absolute atomic E-state index is 0.0163. The van der Waals surface area contributed by atoms with E-state index in [1.807, 2.05) is 0 Å². The molecule has 0 saturated carbocycles. The highest BCUT2D eigenvalue weighted by atomic mass is 19.1. The summed E-state index contributed by atoms with van der Waals surface area (Å²) in [5.41, 5.74) is 0.485. The van der Waals surface area contributed by atoms with Crippen molar-refractivity contribution in [2.45, 2.75) is 31.8 Å². The van der Waals surface area contributed by atoms with Gasteiger partial charge in [0.2, 0.25) is 5.91 Å². The SMILES string of the molecule is O=C(NCc1ccncc1F)C1CC2CCN1CC2.O=CO. The highest BCUT2D eigenvalue weighted by Gasteiger charge is 2.37. The first-order chi connectivity index (χ1) is 10.7. The Hall–Kier alpha value is -2.02. The molecule has 2 N–H and O–H groups in total. The lowest BCUT2D eigenvalue weighted by atomic mass is 9.83. The first-order valence-electron chi connectivity index (χ1n) is 7.33. The fourth-order valence-corrected chi connectivity index (χ4v) is 3.09. The summed E-state index contributed by atoms with van der Waals surface area (Å²) in [6.07, 6.45) is 6.08. The third kappa shape index (κ3) is 4.00. The zero-order chi connectivity index (χ0) is 15.9. The van der Waals surface area contributed by atoms with E-state index >= 15 is 0 Å². The summed E-state index contributed by atoms with van der Waals surface area (Å²) in [6.45, 7) is 2.03. The van der Waals surface area contributed by atoms with Crippen LogP contribution < -0.4 is 5.32 Å². The zero-order valence-corrected chi connectivity index (χ0v) is 12.2. The highest BCUT2D eigenvalue weighted by molar-refractivity contribution is 5.82. The number of pyridine rings is 1. The quantitative estimate of drug-likeness (QED) is 0.815. The van der Waals surface area contributed by atoms with Gasteiger partial charge in [0.15, 0.2) is 0 Å². The summed E-state index contributed by atoms with van der Waals surface area (Å²) in [5.74, 6) is 0.354. The molecule has 2 bridgehead atoms. The summed E-state index contributed by atoms with van der Waals surface area (Å²) in [5, 5.41) is 9.73. The van der Waals surface area contributed by atoms with Crippen molar-refractivity contribution in [3.8, 4) is 0 Å².